The van der Waals surface area contributed by atoms with Crippen LogP contribution in [-0.4, -0.2) is 17.0 Å². The zero-order valence-corrected chi connectivity index (χ0v) is 11.6. The third-order valence-corrected chi connectivity index (χ3v) is 3.78. The number of rotatable bonds is 2. The van der Waals surface area contributed by atoms with E-state index in [2.05, 4.69) is 16.0 Å². The first kappa shape index (κ1) is 12.4. The number of benzene rings is 1. The molecule has 1 aromatic carbocycles. The van der Waals surface area contributed by atoms with Gasteiger partial charge in [-0.1, -0.05) is 11.3 Å². The van der Waals surface area contributed by atoms with E-state index in [9.17, 15) is 0 Å². The van der Waals surface area contributed by atoms with Gasteiger partial charge in [-0.25, -0.2) is 9.97 Å². The van der Waals surface area contributed by atoms with Gasteiger partial charge in [0.1, 0.15) is 16.2 Å². The second-order valence-electron chi connectivity index (χ2n) is 4.26. The minimum absolute atomic E-state index is 0.519. The fraction of sp³-hybridized carbons (Fsp3) is 0.0714. The minimum atomic E-state index is 0.519. The molecule has 6 heteroatoms. The Kier molecular flexibility index (Phi) is 2.97. The molecule has 0 radical (unpaired) electrons. The Balaban J connectivity index is 1.98. The number of fused-ring (bicyclic) bond motifs is 1. The molecular formula is C14H11N5S. The van der Waals surface area contributed by atoms with Crippen LogP contribution in [0.3, 0.4) is 0 Å². The molecule has 0 atom stereocenters. The van der Waals surface area contributed by atoms with E-state index in [1.165, 1.54) is 11.3 Å². The van der Waals surface area contributed by atoms with Gasteiger partial charge < -0.3 is 10.6 Å². The zero-order chi connectivity index (χ0) is 14.1. The Labute approximate surface area is 119 Å². The van der Waals surface area contributed by atoms with Gasteiger partial charge in [-0.2, -0.15) is 5.26 Å². The van der Waals surface area contributed by atoms with Crippen molar-refractivity contribution in [2.75, 3.05) is 17.7 Å². The molecule has 0 saturated carbocycles. The summed E-state index contributed by atoms with van der Waals surface area (Å²) in [4.78, 5) is 11.5. The predicted octanol–water partition coefficient (Wildman–Crippen LogP) is 2.91. The van der Waals surface area contributed by atoms with Crippen LogP contribution in [0.15, 0.2) is 36.4 Å². The van der Waals surface area contributed by atoms with Crippen molar-refractivity contribution in [3.05, 3.63) is 42.0 Å². The maximum atomic E-state index is 8.81. The van der Waals surface area contributed by atoms with Crippen LogP contribution in [0.1, 0.15) is 5.56 Å². The van der Waals surface area contributed by atoms with Crippen LogP contribution in [0, 0.1) is 11.3 Å². The zero-order valence-electron chi connectivity index (χ0n) is 10.7. The van der Waals surface area contributed by atoms with Gasteiger partial charge in [0.15, 0.2) is 5.13 Å². The van der Waals surface area contributed by atoms with Crippen LogP contribution in [0.4, 0.5) is 16.6 Å². The molecule has 0 aliphatic heterocycles. The maximum Gasteiger partial charge on any atom is 0.182 e. The van der Waals surface area contributed by atoms with Crippen molar-refractivity contribution in [1.82, 2.24) is 9.97 Å². The first-order chi connectivity index (χ1) is 9.67. The van der Waals surface area contributed by atoms with Crippen molar-refractivity contribution in [3.8, 4) is 6.07 Å². The normalized spacial score (nSPS) is 10.4. The molecule has 0 unspecified atom stereocenters. The SMILES string of the molecule is CN(c1ccc(C#N)cc1)c1ccc2nc(N)sc2n1. The van der Waals surface area contributed by atoms with Crippen LogP contribution in [0.5, 0.6) is 0 Å². The largest absolute Gasteiger partial charge is 0.375 e. The van der Waals surface area contributed by atoms with Crippen molar-refractivity contribution in [3.63, 3.8) is 0 Å². The smallest absolute Gasteiger partial charge is 0.182 e. The molecule has 98 valence electrons. The van der Waals surface area contributed by atoms with Gasteiger partial charge in [-0.05, 0) is 36.4 Å². The van der Waals surface area contributed by atoms with Gasteiger partial charge in [-0.15, -0.1) is 0 Å². The number of thiazole rings is 1. The lowest BCUT2D eigenvalue weighted by Gasteiger charge is -2.18. The predicted molar refractivity (Wildman–Crippen MR) is 81.0 cm³/mol. The summed E-state index contributed by atoms with van der Waals surface area (Å²) >= 11 is 1.37. The third-order valence-electron chi connectivity index (χ3n) is 2.98. The highest BCUT2D eigenvalue weighted by molar-refractivity contribution is 7.21. The number of hydrogen-bond donors (Lipinski definition) is 1. The molecule has 0 spiro atoms. The number of pyridine rings is 1. The third kappa shape index (κ3) is 2.15. The van der Waals surface area contributed by atoms with E-state index in [0.717, 1.165) is 21.9 Å². The molecule has 0 bridgehead atoms. The standard InChI is InChI=1S/C14H11N5S/c1-19(10-4-2-9(8-15)3-5-10)12-7-6-11-13(18-12)20-14(16)17-11/h2-7H,1H3,(H2,16,17). The maximum absolute atomic E-state index is 8.81. The van der Waals surface area contributed by atoms with E-state index in [0.29, 0.717) is 10.7 Å². The summed E-state index contributed by atoms with van der Waals surface area (Å²) in [6.07, 6.45) is 0. The van der Waals surface area contributed by atoms with Crippen molar-refractivity contribution in [2.45, 2.75) is 0 Å². The van der Waals surface area contributed by atoms with Crippen molar-refractivity contribution < 1.29 is 0 Å². The number of nitriles is 1. The molecule has 20 heavy (non-hydrogen) atoms. The van der Waals surface area contributed by atoms with Crippen LogP contribution in [-0.2, 0) is 0 Å². The fourth-order valence-electron chi connectivity index (χ4n) is 1.90. The van der Waals surface area contributed by atoms with Crippen molar-refractivity contribution >= 4 is 38.3 Å². The topological polar surface area (TPSA) is 78.8 Å². The average molecular weight is 281 g/mol. The highest BCUT2D eigenvalue weighted by Crippen LogP contribution is 2.27. The van der Waals surface area contributed by atoms with Crippen molar-refractivity contribution in [2.24, 2.45) is 0 Å². The summed E-state index contributed by atoms with van der Waals surface area (Å²) in [6, 6.07) is 13.3. The van der Waals surface area contributed by atoms with Crippen molar-refractivity contribution in [1.29, 1.82) is 5.26 Å². The number of nitrogens with two attached hydrogens (primary N) is 1. The number of aromatic nitrogens is 2. The molecule has 5 nitrogen and oxygen atoms in total. The van der Waals surface area contributed by atoms with Gasteiger partial charge in [-0.3, -0.25) is 0 Å². The van der Waals surface area contributed by atoms with E-state index in [4.69, 9.17) is 11.0 Å². The monoisotopic (exact) mass is 281 g/mol. The number of nitrogens with zero attached hydrogens (tertiary/aromatic N) is 4. The first-order valence-corrected chi connectivity index (χ1v) is 6.76. The lowest BCUT2D eigenvalue weighted by atomic mass is 10.2. The molecule has 0 fully saturated rings. The first-order valence-electron chi connectivity index (χ1n) is 5.94. The van der Waals surface area contributed by atoms with Gasteiger partial charge in [0.2, 0.25) is 0 Å². The average Bonchev–Trinajstić information content (AvgIpc) is 2.85. The van der Waals surface area contributed by atoms with Gasteiger partial charge in [0.05, 0.1) is 11.6 Å². The fourth-order valence-corrected chi connectivity index (χ4v) is 2.60. The molecular weight excluding hydrogens is 270 g/mol. The molecule has 3 aromatic rings. The second-order valence-corrected chi connectivity index (χ2v) is 5.27. The summed E-state index contributed by atoms with van der Waals surface area (Å²) in [5.41, 5.74) is 8.10. The molecule has 0 aliphatic carbocycles. The van der Waals surface area contributed by atoms with E-state index >= 15 is 0 Å². The van der Waals surface area contributed by atoms with E-state index in [1.54, 1.807) is 12.1 Å². The molecule has 0 amide bonds. The quantitative estimate of drug-likeness (QED) is 0.781. The number of hydrogen-bond acceptors (Lipinski definition) is 6. The molecule has 2 heterocycles. The molecule has 2 N–H and O–H groups in total. The van der Waals surface area contributed by atoms with Crippen LogP contribution < -0.4 is 10.6 Å². The summed E-state index contributed by atoms with van der Waals surface area (Å²) in [5.74, 6) is 0.811. The second kappa shape index (κ2) is 4.79. The van der Waals surface area contributed by atoms with Crippen LogP contribution >= 0.6 is 11.3 Å². The van der Waals surface area contributed by atoms with Gasteiger partial charge in [0.25, 0.3) is 0 Å². The lowest BCUT2D eigenvalue weighted by molar-refractivity contribution is 1.15. The van der Waals surface area contributed by atoms with E-state index in [1.807, 2.05) is 36.2 Å². The summed E-state index contributed by atoms with van der Waals surface area (Å²) in [7, 11) is 1.93. The Morgan fingerprint density at radius 2 is 1.90 bits per heavy atom. The highest BCUT2D eigenvalue weighted by atomic mass is 32.1. The number of nitrogen functional groups attached to an aromatic ring is 1. The molecule has 3 rings (SSSR count). The molecule has 0 saturated heterocycles. The Bertz CT molecular complexity index is 801. The van der Waals surface area contributed by atoms with Gasteiger partial charge >= 0.3 is 0 Å². The summed E-state index contributed by atoms with van der Waals surface area (Å²) in [5, 5.41) is 9.33. The summed E-state index contributed by atoms with van der Waals surface area (Å²) in [6.45, 7) is 0. The Morgan fingerprint density at radius 1 is 1.15 bits per heavy atom. The Hall–Kier alpha value is -2.65. The highest BCUT2D eigenvalue weighted by Gasteiger charge is 2.09. The number of anilines is 3. The minimum Gasteiger partial charge on any atom is -0.375 e. The lowest BCUT2D eigenvalue weighted by Crippen LogP contribution is -2.10. The van der Waals surface area contributed by atoms with Gasteiger partial charge in [0, 0.05) is 12.7 Å². The van der Waals surface area contributed by atoms with E-state index < -0.39 is 0 Å². The van der Waals surface area contributed by atoms with Crippen LogP contribution in [0.25, 0.3) is 10.3 Å². The molecule has 2 aromatic heterocycles. The summed E-state index contributed by atoms with van der Waals surface area (Å²) < 4.78 is 0. The Morgan fingerprint density at radius 3 is 2.60 bits per heavy atom. The molecule has 0 aliphatic rings. The van der Waals surface area contributed by atoms with Crippen LogP contribution in [0.2, 0.25) is 0 Å². The van der Waals surface area contributed by atoms with E-state index in [-0.39, 0.29) is 0 Å².